The third-order valence-corrected chi connectivity index (χ3v) is 1.90. The zero-order chi connectivity index (χ0) is 9.97. The first-order valence-electron chi connectivity index (χ1n) is 4.28. The van der Waals surface area contributed by atoms with E-state index in [1.165, 1.54) is 0 Å². The zero-order valence-corrected chi connectivity index (χ0v) is 7.44. The molecule has 2 N–H and O–H groups in total. The minimum absolute atomic E-state index is 0.000292. The number of nitrogen functional groups attached to an aromatic ring is 1. The predicted molar refractivity (Wildman–Crippen MR) is 46.3 cm³/mol. The van der Waals surface area contributed by atoms with Crippen molar-refractivity contribution in [3.63, 3.8) is 0 Å². The van der Waals surface area contributed by atoms with E-state index in [-0.39, 0.29) is 17.9 Å². The second-order valence-electron chi connectivity index (χ2n) is 2.98. The van der Waals surface area contributed by atoms with Crippen LogP contribution in [0, 0.1) is 5.82 Å². The molecule has 1 unspecified atom stereocenters. The fraction of sp³-hybridized carbons (Fsp3) is 0.500. The Labute approximate surface area is 80.1 Å². The van der Waals surface area contributed by atoms with Crippen LogP contribution >= 0.6 is 0 Å². The van der Waals surface area contributed by atoms with Gasteiger partial charge in [0, 0.05) is 6.42 Å². The Bertz CT molecular complexity index is 328. The van der Waals surface area contributed by atoms with Gasteiger partial charge in [-0.2, -0.15) is 9.37 Å². The molecule has 0 aromatic carbocycles. The number of nitrogens with zero attached hydrogens (tertiary/aromatic N) is 2. The third kappa shape index (κ3) is 1.90. The maximum atomic E-state index is 13.1. The molecule has 0 aliphatic carbocycles. The molecule has 6 heteroatoms. The highest BCUT2D eigenvalue weighted by atomic mass is 19.1. The highest BCUT2D eigenvalue weighted by Crippen LogP contribution is 2.17. The molecule has 2 rings (SSSR count). The molecular weight excluding hydrogens is 189 g/mol. The van der Waals surface area contributed by atoms with E-state index < -0.39 is 5.82 Å². The summed E-state index contributed by atoms with van der Waals surface area (Å²) in [7, 11) is 0. The molecule has 1 fully saturated rings. The summed E-state index contributed by atoms with van der Waals surface area (Å²) in [5.41, 5.74) is 5.30. The van der Waals surface area contributed by atoms with Gasteiger partial charge in [-0.1, -0.05) is 0 Å². The van der Waals surface area contributed by atoms with Crippen LogP contribution in [0.2, 0.25) is 0 Å². The number of halogens is 1. The van der Waals surface area contributed by atoms with Gasteiger partial charge in [0.2, 0.25) is 11.8 Å². The summed E-state index contributed by atoms with van der Waals surface area (Å²) in [4.78, 5) is 7.14. The number of hydrogen-bond donors (Lipinski definition) is 1. The Morgan fingerprint density at radius 1 is 1.64 bits per heavy atom. The second-order valence-corrected chi connectivity index (χ2v) is 2.98. The van der Waals surface area contributed by atoms with E-state index in [4.69, 9.17) is 15.2 Å². The van der Waals surface area contributed by atoms with Crippen molar-refractivity contribution in [1.29, 1.82) is 0 Å². The first kappa shape index (κ1) is 9.14. The quantitative estimate of drug-likeness (QED) is 0.744. The first-order chi connectivity index (χ1) is 6.75. The second kappa shape index (κ2) is 3.75. The van der Waals surface area contributed by atoms with E-state index in [1.54, 1.807) is 0 Å². The fourth-order valence-electron chi connectivity index (χ4n) is 1.21. The molecule has 14 heavy (non-hydrogen) atoms. The maximum absolute atomic E-state index is 13.1. The summed E-state index contributed by atoms with van der Waals surface area (Å²) in [6, 6.07) is 0. The topological polar surface area (TPSA) is 70.3 Å². The third-order valence-electron chi connectivity index (χ3n) is 1.90. The van der Waals surface area contributed by atoms with Gasteiger partial charge in [-0.05, 0) is 0 Å². The molecular formula is C8H10FN3O2. The van der Waals surface area contributed by atoms with Gasteiger partial charge in [0.25, 0.3) is 5.88 Å². The molecule has 0 radical (unpaired) electrons. The lowest BCUT2D eigenvalue weighted by Gasteiger charge is -2.10. The number of aromatic nitrogens is 2. The fourth-order valence-corrected chi connectivity index (χ4v) is 1.21. The van der Waals surface area contributed by atoms with Crippen molar-refractivity contribution >= 4 is 5.95 Å². The van der Waals surface area contributed by atoms with Crippen molar-refractivity contribution in [1.82, 2.24) is 9.97 Å². The van der Waals surface area contributed by atoms with E-state index >= 15 is 0 Å². The molecule has 0 saturated carbocycles. The van der Waals surface area contributed by atoms with Gasteiger partial charge in [-0.3, -0.25) is 0 Å². The lowest BCUT2D eigenvalue weighted by atomic mass is 10.3. The summed E-state index contributed by atoms with van der Waals surface area (Å²) < 4.78 is 23.4. The molecule has 5 nitrogen and oxygen atoms in total. The molecule has 76 valence electrons. The van der Waals surface area contributed by atoms with Crippen LogP contribution in [0.1, 0.15) is 6.42 Å². The van der Waals surface area contributed by atoms with E-state index in [9.17, 15) is 4.39 Å². The molecule has 1 aliphatic rings. The van der Waals surface area contributed by atoms with E-state index in [1.807, 2.05) is 0 Å². The molecule has 1 aromatic heterocycles. The Hall–Kier alpha value is -1.43. The van der Waals surface area contributed by atoms with Crippen molar-refractivity contribution in [2.24, 2.45) is 0 Å². The zero-order valence-electron chi connectivity index (χ0n) is 7.44. The summed E-state index contributed by atoms with van der Waals surface area (Å²) in [6.07, 6.45) is 1.59. The molecule has 1 atom stereocenters. The van der Waals surface area contributed by atoms with E-state index in [2.05, 4.69) is 9.97 Å². The van der Waals surface area contributed by atoms with Gasteiger partial charge in [0.1, 0.15) is 6.10 Å². The van der Waals surface area contributed by atoms with Gasteiger partial charge < -0.3 is 15.2 Å². The summed E-state index contributed by atoms with van der Waals surface area (Å²) in [5, 5.41) is 0. The van der Waals surface area contributed by atoms with Crippen LogP contribution in [-0.4, -0.2) is 29.3 Å². The van der Waals surface area contributed by atoms with Crippen LogP contribution in [0.25, 0.3) is 0 Å². The standard InChI is InChI=1S/C8H10FN3O2/c9-6-3-11-8(10)12-7(6)14-5-1-2-13-4-5/h3,5H,1-2,4H2,(H2,10,11,12). The van der Waals surface area contributed by atoms with E-state index in [0.29, 0.717) is 13.2 Å². The van der Waals surface area contributed by atoms with Crippen LogP contribution in [-0.2, 0) is 4.74 Å². The average Bonchev–Trinajstić information content (AvgIpc) is 2.64. The van der Waals surface area contributed by atoms with Crippen LogP contribution in [0.3, 0.4) is 0 Å². The largest absolute Gasteiger partial charge is 0.470 e. The number of nitrogens with two attached hydrogens (primary N) is 1. The molecule has 1 aliphatic heterocycles. The lowest BCUT2D eigenvalue weighted by molar-refractivity contribution is 0.134. The van der Waals surface area contributed by atoms with Crippen molar-refractivity contribution in [2.75, 3.05) is 18.9 Å². The number of rotatable bonds is 2. The van der Waals surface area contributed by atoms with Gasteiger partial charge >= 0.3 is 0 Å². The normalized spacial score (nSPS) is 21.1. The smallest absolute Gasteiger partial charge is 0.255 e. The summed E-state index contributed by atoms with van der Waals surface area (Å²) in [6.45, 7) is 1.09. The van der Waals surface area contributed by atoms with Crippen molar-refractivity contribution in [2.45, 2.75) is 12.5 Å². The first-order valence-corrected chi connectivity index (χ1v) is 4.28. The van der Waals surface area contributed by atoms with Crippen LogP contribution in [0.15, 0.2) is 6.20 Å². The van der Waals surface area contributed by atoms with Crippen LogP contribution < -0.4 is 10.5 Å². The van der Waals surface area contributed by atoms with Crippen molar-refractivity contribution < 1.29 is 13.9 Å². The monoisotopic (exact) mass is 199 g/mol. The average molecular weight is 199 g/mol. The molecule has 0 bridgehead atoms. The number of hydrogen-bond acceptors (Lipinski definition) is 5. The Balaban J connectivity index is 2.10. The lowest BCUT2D eigenvalue weighted by Crippen LogP contribution is -2.17. The molecule has 0 spiro atoms. The predicted octanol–water partition coefficient (Wildman–Crippen LogP) is 0.366. The van der Waals surface area contributed by atoms with Gasteiger partial charge in [-0.15, -0.1) is 0 Å². The van der Waals surface area contributed by atoms with Crippen molar-refractivity contribution in [3.05, 3.63) is 12.0 Å². The van der Waals surface area contributed by atoms with Gasteiger partial charge in [-0.25, -0.2) is 4.98 Å². The van der Waals surface area contributed by atoms with Crippen LogP contribution in [0.4, 0.5) is 10.3 Å². The molecule has 1 aromatic rings. The van der Waals surface area contributed by atoms with E-state index in [0.717, 1.165) is 12.6 Å². The van der Waals surface area contributed by atoms with Crippen molar-refractivity contribution in [3.8, 4) is 5.88 Å². The maximum Gasteiger partial charge on any atom is 0.255 e. The highest BCUT2D eigenvalue weighted by molar-refractivity contribution is 5.22. The Kier molecular flexibility index (Phi) is 2.45. The minimum atomic E-state index is -0.605. The molecule has 1 saturated heterocycles. The Morgan fingerprint density at radius 2 is 2.50 bits per heavy atom. The minimum Gasteiger partial charge on any atom is -0.470 e. The van der Waals surface area contributed by atoms with Gasteiger partial charge in [0.05, 0.1) is 19.4 Å². The van der Waals surface area contributed by atoms with Gasteiger partial charge in [0.15, 0.2) is 0 Å². The highest BCUT2D eigenvalue weighted by Gasteiger charge is 2.19. The number of anilines is 1. The molecule has 0 amide bonds. The van der Waals surface area contributed by atoms with Crippen LogP contribution in [0.5, 0.6) is 5.88 Å². The summed E-state index contributed by atoms with van der Waals surface area (Å²) in [5.74, 6) is -0.709. The number of ether oxygens (including phenoxy) is 2. The SMILES string of the molecule is Nc1ncc(F)c(OC2CCOC2)n1. The molecule has 2 heterocycles. The summed E-state index contributed by atoms with van der Waals surface area (Å²) >= 11 is 0. The Morgan fingerprint density at radius 3 is 3.21 bits per heavy atom.